The van der Waals surface area contributed by atoms with E-state index in [-0.39, 0.29) is 16.5 Å². The Morgan fingerprint density at radius 3 is 2.56 bits per heavy atom. The van der Waals surface area contributed by atoms with Crippen LogP contribution in [0.15, 0.2) is 57.9 Å². The maximum Gasteiger partial charge on any atom is 0.321 e. The van der Waals surface area contributed by atoms with Gasteiger partial charge in [0.1, 0.15) is 23.7 Å². The molecule has 0 amide bonds. The lowest BCUT2D eigenvalue weighted by Crippen LogP contribution is -2.46. The van der Waals surface area contributed by atoms with E-state index in [0.29, 0.717) is 6.42 Å². The van der Waals surface area contributed by atoms with Gasteiger partial charge in [0.15, 0.2) is 5.43 Å². The van der Waals surface area contributed by atoms with Crippen LogP contribution in [0.2, 0.25) is 0 Å². The minimum atomic E-state index is -1.00. The number of hydrogen-bond donors (Lipinski definition) is 4. The second kappa shape index (κ2) is 8.27. The van der Waals surface area contributed by atoms with Crippen molar-refractivity contribution in [2.75, 3.05) is 0 Å². The average molecular weight is 438 g/mol. The predicted molar refractivity (Wildman–Crippen MR) is 114 cm³/mol. The number of aliphatic carboxylic acids is 2. The minimum absolute atomic E-state index is 0.120. The zero-order valence-corrected chi connectivity index (χ0v) is 16.9. The quantitative estimate of drug-likeness (QED) is 0.378. The topological polar surface area (TPSA) is 133 Å². The van der Waals surface area contributed by atoms with Gasteiger partial charge in [-0.1, -0.05) is 18.2 Å². The van der Waals surface area contributed by atoms with Crippen molar-refractivity contribution < 1.29 is 28.6 Å². The van der Waals surface area contributed by atoms with Crippen molar-refractivity contribution in [2.45, 2.75) is 25.4 Å². The summed E-state index contributed by atoms with van der Waals surface area (Å²) in [6.45, 7) is 1.08. The number of benzene rings is 2. The van der Waals surface area contributed by atoms with Gasteiger partial charge < -0.3 is 19.6 Å². The fourth-order valence-corrected chi connectivity index (χ4v) is 3.96. The summed E-state index contributed by atoms with van der Waals surface area (Å²) in [5, 5.41) is 21.1. The number of halogens is 1. The molecule has 4 aromatic rings. The van der Waals surface area contributed by atoms with Gasteiger partial charge in [-0.3, -0.25) is 19.7 Å². The van der Waals surface area contributed by atoms with Crippen molar-refractivity contribution in [1.82, 2.24) is 10.3 Å². The van der Waals surface area contributed by atoms with Crippen LogP contribution in [0.5, 0.6) is 0 Å². The first kappa shape index (κ1) is 21.3. The smallest absolute Gasteiger partial charge is 0.321 e. The number of carbonyl (C=O) groups is 2. The van der Waals surface area contributed by atoms with Gasteiger partial charge in [-0.25, -0.2) is 4.39 Å². The van der Waals surface area contributed by atoms with E-state index in [2.05, 4.69) is 10.3 Å². The number of carboxylic acids is 2. The SMILES string of the molecule is CC(=O)O.O=C(O)C1Cc2c([nH]c3ccccc23)C(c2coc3ccc(F)cc3c2=O)N1. The van der Waals surface area contributed by atoms with Gasteiger partial charge in [0, 0.05) is 29.9 Å². The van der Waals surface area contributed by atoms with E-state index in [4.69, 9.17) is 14.3 Å². The van der Waals surface area contributed by atoms with E-state index in [0.717, 1.165) is 35.2 Å². The lowest BCUT2D eigenvalue weighted by molar-refractivity contribution is -0.140. The molecule has 2 atom stereocenters. The zero-order valence-electron chi connectivity index (χ0n) is 16.9. The normalized spacial score (nSPS) is 17.4. The molecule has 0 saturated heterocycles. The molecule has 3 heterocycles. The number of aromatic nitrogens is 1. The second-order valence-corrected chi connectivity index (χ2v) is 7.44. The van der Waals surface area contributed by atoms with Gasteiger partial charge in [-0.15, -0.1) is 0 Å². The number of H-pyrrole nitrogens is 1. The maximum atomic E-state index is 13.7. The first-order chi connectivity index (χ1) is 15.3. The van der Waals surface area contributed by atoms with Gasteiger partial charge >= 0.3 is 5.97 Å². The third kappa shape index (κ3) is 3.85. The van der Waals surface area contributed by atoms with Gasteiger partial charge in [0.2, 0.25) is 0 Å². The Morgan fingerprint density at radius 2 is 1.84 bits per heavy atom. The van der Waals surface area contributed by atoms with E-state index < -0.39 is 35.3 Å². The molecule has 2 unspecified atom stereocenters. The van der Waals surface area contributed by atoms with Crippen molar-refractivity contribution in [3.8, 4) is 0 Å². The standard InChI is InChI=1S/C21H15FN2O4.C2H4O2/c22-10-5-6-17-13(7-10)20(25)14(9-28-17)19-18-12(8-16(24-19)21(26)27)11-3-1-2-4-15(11)23-18;1-2(3)4/h1-7,9,16,19,23-24H,8H2,(H,26,27);1H3,(H,3,4). The van der Waals surface area contributed by atoms with Gasteiger partial charge in [0.05, 0.1) is 17.0 Å². The Kier molecular flexibility index (Phi) is 5.50. The third-order valence-corrected chi connectivity index (χ3v) is 5.28. The van der Waals surface area contributed by atoms with Crippen molar-refractivity contribution in [3.05, 3.63) is 81.6 Å². The number of fused-ring (bicyclic) bond motifs is 4. The Balaban J connectivity index is 0.000000567. The van der Waals surface area contributed by atoms with Crippen LogP contribution in [-0.4, -0.2) is 33.2 Å². The zero-order chi connectivity index (χ0) is 23.0. The molecule has 32 heavy (non-hydrogen) atoms. The fourth-order valence-electron chi connectivity index (χ4n) is 3.96. The number of para-hydroxylation sites is 1. The summed E-state index contributed by atoms with van der Waals surface area (Å²) in [6, 6.07) is 9.78. The molecule has 8 nitrogen and oxygen atoms in total. The molecule has 0 radical (unpaired) electrons. The monoisotopic (exact) mass is 438 g/mol. The predicted octanol–water partition coefficient (Wildman–Crippen LogP) is 3.19. The molecule has 0 aliphatic carbocycles. The summed E-state index contributed by atoms with van der Waals surface area (Å²) < 4.78 is 19.2. The molecule has 1 aliphatic rings. The molecule has 4 N–H and O–H groups in total. The van der Waals surface area contributed by atoms with Crippen LogP contribution in [-0.2, 0) is 16.0 Å². The van der Waals surface area contributed by atoms with Gasteiger partial charge in [0.25, 0.3) is 5.97 Å². The Labute approximate surface area is 180 Å². The van der Waals surface area contributed by atoms with E-state index in [1.807, 2.05) is 24.3 Å². The van der Waals surface area contributed by atoms with E-state index >= 15 is 0 Å². The number of nitrogens with one attached hydrogen (secondary N) is 2. The minimum Gasteiger partial charge on any atom is -0.481 e. The van der Waals surface area contributed by atoms with E-state index in [9.17, 15) is 19.1 Å². The highest BCUT2D eigenvalue weighted by molar-refractivity contribution is 5.87. The summed E-state index contributed by atoms with van der Waals surface area (Å²) in [5.74, 6) is -2.37. The first-order valence-electron chi connectivity index (χ1n) is 9.75. The third-order valence-electron chi connectivity index (χ3n) is 5.28. The number of aromatic amines is 1. The number of rotatable bonds is 2. The maximum absolute atomic E-state index is 13.7. The van der Waals surface area contributed by atoms with Gasteiger partial charge in [-0.2, -0.15) is 0 Å². The first-order valence-corrected chi connectivity index (χ1v) is 9.75. The van der Waals surface area contributed by atoms with E-state index in [1.165, 1.54) is 18.4 Å². The van der Waals surface area contributed by atoms with E-state index in [1.54, 1.807) is 0 Å². The van der Waals surface area contributed by atoms with Crippen LogP contribution in [0.4, 0.5) is 4.39 Å². The highest BCUT2D eigenvalue weighted by Crippen LogP contribution is 2.34. The Morgan fingerprint density at radius 1 is 1.12 bits per heavy atom. The molecule has 2 aromatic carbocycles. The van der Waals surface area contributed by atoms with Crippen molar-refractivity contribution in [1.29, 1.82) is 0 Å². The highest BCUT2D eigenvalue weighted by atomic mass is 19.1. The van der Waals surface area contributed by atoms with Crippen molar-refractivity contribution >= 4 is 33.8 Å². The summed E-state index contributed by atoms with van der Waals surface area (Å²) in [7, 11) is 0. The summed E-state index contributed by atoms with van der Waals surface area (Å²) >= 11 is 0. The van der Waals surface area contributed by atoms with Crippen LogP contribution in [0, 0.1) is 5.82 Å². The molecular formula is C23H19FN2O6. The average Bonchev–Trinajstić information content (AvgIpc) is 3.12. The fraction of sp³-hybridized carbons (Fsp3) is 0.174. The molecule has 9 heteroatoms. The molecular weight excluding hydrogens is 419 g/mol. The van der Waals surface area contributed by atoms with Crippen LogP contribution in [0.25, 0.3) is 21.9 Å². The Bertz CT molecular complexity index is 1400. The molecule has 0 spiro atoms. The molecule has 5 rings (SSSR count). The van der Waals surface area contributed by atoms with Crippen LogP contribution in [0.1, 0.15) is 29.8 Å². The molecule has 164 valence electrons. The van der Waals surface area contributed by atoms with Crippen LogP contribution < -0.4 is 10.7 Å². The second-order valence-electron chi connectivity index (χ2n) is 7.44. The number of hydrogen-bond acceptors (Lipinski definition) is 5. The van der Waals surface area contributed by atoms with Crippen LogP contribution >= 0.6 is 0 Å². The number of carboxylic acid groups (broad SMARTS) is 2. The molecule has 0 saturated carbocycles. The lowest BCUT2D eigenvalue weighted by Gasteiger charge is -2.28. The van der Waals surface area contributed by atoms with Crippen molar-refractivity contribution in [2.24, 2.45) is 0 Å². The molecule has 1 aliphatic heterocycles. The lowest BCUT2D eigenvalue weighted by atomic mass is 9.90. The summed E-state index contributed by atoms with van der Waals surface area (Å²) in [6.07, 6.45) is 1.61. The Hall–Kier alpha value is -3.98. The molecule has 2 aromatic heterocycles. The van der Waals surface area contributed by atoms with Gasteiger partial charge in [-0.05, 0) is 29.8 Å². The summed E-state index contributed by atoms with van der Waals surface area (Å²) in [4.78, 5) is 37.1. The highest BCUT2D eigenvalue weighted by Gasteiger charge is 2.35. The van der Waals surface area contributed by atoms with Crippen LogP contribution in [0.3, 0.4) is 0 Å². The largest absolute Gasteiger partial charge is 0.481 e. The summed E-state index contributed by atoms with van der Waals surface area (Å²) in [5.41, 5.74) is 2.55. The van der Waals surface area contributed by atoms with Crippen molar-refractivity contribution in [3.63, 3.8) is 0 Å². The molecule has 0 bridgehead atoms. The molecule has 0 fully saturated rings.